The minimum atomic E-state index is -0.417. The Balaban J connectivity index is 0. The van der Waals surface area contributed by atoms with E-state index in [2.05, 4.69) is 0 Å². The second-order valence-electron chi connectivity index (χ2n) is 1.63. The normalized spacial score (nSPS) is 7.71. The Kier molecular flexibility index (Phi) is 13.3. The highest BCUT2D eigenvalue weighted by atomic mass is 16.3. The van der Waals surface area contributed by atoms with Crippen molar-refractivity contribution in [3.05, 3.63) is 0 Å². The van der Waals surface area contributed by atoms with Crippen molar-refractivity contribution in [3.8, 4) is 0 Å². The first-order valence-corrected chi connectivity index (χ1v) is 2.55. The largest absolute Gasteiger partial charge is 0.852 e. The Morgan fingerprint density at radius 3 is 1.29 bits per heavy atom. The third kappa shape index (κ3) is 14200. The molecule has 0 aromatic carbocycles. The standard InChI is InChI=1S/C3H7O.C2H7N/c1-3(2)4;1-3-2/h3H,1-2H3;3H,1-2H3/q-1;/p+1. The van der Waals surface area contributed by atoms with Gasteiger partial charge in [0.05, 0.1) is 14.1 Å². The Morgan fingerprint density at radius 1 is 1.29 bits per heavy atom. The van der Waals surface area contributed by atoms with Crippen LogP contribution in [0.4, 0.5) is 0 Å². The maximum Gasteiger partial charge on any atom is 0.0647 e. The molecule has 0 amide bonds. The van der Waals surface area contributed by atoms with E-state index < -0.39 is 6.10 Å². The third-order valence-electron chi connectivity index (χ3n) is 0. The van der Waals surface area contributed by atoms with Crippen molar-refractivity contribution in [2.75, 3.05) is 14.1 Å². The van der Waals surface area contributed by atoms with Crippen molar-refractivity contribution >= 4 is 0 Å². The van der Waals surface area contributed by atoms with Crippen LogP contribution in [-0.2, 0) is 0 Å². The van der Waals surface area contributed by atoms with E-state index >= 15 is 0 Å². The smallest absolute Gasteiger partial charge is 0.0647 e. The maximum atomic E-state index is 9.53. The summed E-state index contributed by atoms with van der Waals surface area (Å²) in [6, 6.07) is 0. The van der Waals surface area contributed by atoms with Crippen molar-refractivity contribution in [2.24, 2.45) is 0 Å². The minimum absolute atomic E-state index is 0.417. The van der Waals surface area contributed by atoms with Gasteiger partial charge < -0.3 is 10.4 Å². The first-order chi connectivity index (χ1) is 3.15. The van der Waals surface area contributed by atoms with Crippen molar-refractivity contribution < 1.29 is 10.4 Å². The van der Waals surface area contributed by atoms with Gasteiger partial charge in [-0.3, -0.25) is 0 Å². The fourth-order valence-corrected chi connectivity index (χ4v) is 0. The molecule has 0 unspecified atom stereocenters. The van der Waals surface area contributed by atoms with Crippen molar-refractivity contribution in [1.82, 2.24) is 0 Å². The van der Waals surface area contributed by atoms with Gasteiger partial charge >= 0.3 is 0 Å². The molecule has 0 aromatic rings. The second kappa shape index (κ2) is 9.33. The summed E-state index contributed by atoms with van der Waals surface area (Å²) in [7, 11) is 4.00. The maximum absolute atomic E-state index is 9.53. The summed E-state index contributed by atoms with van der Waals surface area (Å²) in [4.78, 5) is 0. The second-order valence-corrected chi connectivity index (χ2v) is 1.63. The molecule has 0 spiro atoms. The molecule has 2 N–H and O–H groups in total. The van der Waals surface area contributed by atoms with Crippen LogP contribution in [0.25, 0.3) is 0 Å². The summed E-state index contributed by atoms with van der Waals surface area (Å²) in [5.74, 6) is 0. The molecular formula is C5H15NO. The predicted octanol–water partition coefficient (Wildman–Crippen LogP) is -1.44. The fourth-order valence-electron chi connectivity index (χ4n) is 0. The van der Waals surface area contributed by atoms with Crippen LogP contribution < -0.4 is 10.4 Å². The molecule has 0 fully saturated rings. The van der Waals surface area contributed by atoms with Gasteiger partial charge in [0.15, 0.2) is 0 Å². The van der Waals surface area contributed by atoms with Crippen LogP contribution in [0.3, 0.4) is 0 Å². The number of hydrogen-bond donors (Lipinski definition) is 1. The van der Waals surface area contributed by atoms with Gasteiger partial charge in [0.1, 0.15) is 0 Å². The lowest BCUT2D eigenvalue weighted by Gasteiger charge is -2.02. The van der Waals surface area contributed by atoms with Crippen LogP contribution in [0.5, 0.6) is 0 Å². The molecule has 0 radical (unpaired) electrons. The Hall–Kier alpha value is -0.0800. The zero-order valence-electron chi connectivity index (χ0n) is 5.56. The number of nitrogens with two attached hydrogens (primary N) is 1. The summed E-state index contributed by atoms with van der Waals surface area (Å²) < 4.78 is 0. The summed E-state index contributed by atoms with van der Waals surface area (Å²) in [5.41, 5.74) is 0. The molecule has 0 aromatic heterocycles. The highest BCUT2D eigenvalue weighted by Crippen LogP contribution is 1.57. The number of rotatable bonds is 0. The Morgan fingerprint density at radius 2 is 1.29 bits per heavy atom. The SMILES string of the molecule is CC(C)[O-].C[NH2+]C. The number of quaternary nitrogens is 1. The lowest BCUT2D eigenvalue weighted by molar-refractivity contribution is -0.597. The monoisotopic (exact) mass is 105 g/mol. The van der Waals surface area contributed by atoms with Gasteiger partial charge in [-0.1, -0.05) is 13.8 Å². The van der Waals surface area contributed by atoms with E-state index in [1.54, 1.807) is 13.8 Å². The highest BCUT2D eigenvalue weighted by Gasteiger charge is 1.53. The van der Waals surface area contributed by atoms with Gasteiger partial charge in [0.2, 0.25) is 0 Å². The lowest BCUT2D eigenvalue weighted by Crippen LogP contribution is -2.74. The molecule has 2 nitrogen and oxygen atoms in total. The first kappa shape index (κ1) is 10.0. The lowest BCUT2D eigenvalue weighted by atomic mass is 10.5. The molecule has 46 valence electrons. The molecule has 0 heterocycles. The molecule has 7 heavy (non-hydrogen) atoms. The number of hydrogen-bond acceptors (Lipinski definition) is 1. The van der Waals surface area contributed by atoms with E-state index in [4.69, 9.17) is 0 Å². The van der Waals surface area contributed by atoms with Crippen molar-refractivity contribution in [2.45, 2.75) is 20.0 Å². The Labute approximate surface area is 45.5 Å². The van der Waals surface area contributed by atoms with Crippen LogP contribution >= 0.6 is 0 Å². The summed E-state index contributed by atoms with van der Waals surface area (Å²) in [5, 5.41) is 11.5. The topological polar surface area (TPSA) is 39.7 Å². The van der Waals surface area contributed by atoms with Crippen LogP contribution in [0.15, 0.2) is 0 Å². The van der Waals surface area contributed by atoms with Gasteiger partial charge in [-0.05, 0) is 0 Å². The zero-order valence-corrected chi connectivity index (χ0v) is 5.56. The van der Waals surface area contributed by atoms with Crippen molar-refractivity contribution in [3.63, 3.8) is 0 Å². The average molecular weight is 105 g/mol. The van der Waals surface area contributed by atoms with Crippen molar-refractivity contribution in [1.29, 1.82) is 0 Å². The molecule has 0 aliphatic heterocycles. The molecule has 0 saturated heterocycles. The van der Waals surface area contributed by atoms with E-state index in [9.17, 15) is 5.11 Å². The molecule has 0 bridgehead atoms. The highest BCUT2D eigenvalue weighted by molar-refractivity contribution is 4.17. The van der Waals surface area contributed by atoms with Crippen LogP contribution in [0, 0.1) is 0 Å². The van der Waals surface area contributed by atoms with E-state index in [0.29, 0.717) is 0 Å². The molecule has 0 aliphatic rings. The van der Waals surface area contributed by atoms with E-state index in [1.165, 1.54) is 0 Å². The van der Waals surface area contributed by atoms with Gasteiger partial charge in [-0.2, -0.15) is 0 Å². The Bertz CT molecular complexity index is 19.3. The van der Waals surface area contributed by atoms with Crippen LogP contribution in [0.1, 0.15) is 13.8 Å². The summed E-state index contributed by atoms with van der Waals surface area (Å²) >= 11 is 0. The molecule has 0 rings (SSSR count). The summed E-state index contributed by atoms with van der Waals surface area (Å²) in [6.07, 6.45) is -0.417. The molecule has 0 saturated carbocycles. The molecular weight excluding hydrogens is 90.1 g/mol. The predicted molar refractivity (Wildman–Crippen MR) is 28.9 cm³/mol. The summed E-state index contributed by atoms with van der Waals surface area (Å²) in [6.45, 7) is 3.22. The van der Waals surface area contributed by atoms with E-state index in [0.717, 1.165) is 0 Å². The molecule has 0 atom stereocenters. The average Bonchev–Trinajstić information content (AvgIpc) is 1.33. The van der Waals surface area contributed by atoms with E-state index in [1.807, 2.05) is 19.4 Å². The van der Waals surface area contributed by atoms with Crippen LogP contribution in [0.2, 0.25) is 0 Å². The fraction of sp³-hybridized carbons (Fsp3) is 1.00. The minimum Gasteiger partial charge on any atom is -0.852 e. The molecule has 0 aliphatic carbocycles. The van der Waals surface area contributed by atoms with Gasteiger partial charge in [-0.25, -0.2) is 0 Å². The molecule has 2 heteroatoms. The third-order valence-corrected chi connectivity index (χ3v) is 0. The quantitative estimate of drug-likeness (QED) is 0.403. The zero-order chi connectivity index (χ0) is 6.28. The van der Waals surface area contributed by atoms with E-state index in [-0.39, 0.29) is 0 Å². The van der Waals surface area contributed by atoms with Gasteiger partial charge in [-0.15, -0.1) is 6.10 Å². The van der Waals surface area contributed by atoms with Gasteiger partial charge in [0.25, 0.3) is 0 Å². The van der Waals surface area contributed by atoms with Crippen LogP contribution in [-0.4, -0.2) is 20.2 Å². The first-order valence-electron chi connectivity index (χ1n) is 2.55. The van der Waals surface area contributed by atoms with Gasteiger partial charge in [0, 0.05) is 0 Å².